The van der Waals surface area contributed by atoms with Gasteiger partial charge in [-0.1, -0.05) is 18.2 Å². The predicted molar refractivity (Wildman–Crippen MR) is 141 cm³/mol. The van der Waals surface area contributed by atoms with Gasteiger partial charge in [0.25, 0.3) is 11.7 Å². The number of likely N-dealkylation sites (tertiary alicyclic amines) is 1. The number of ketones is 1. The number of carbonyl (C=O) groups is 4. The average molecular weight is 554 g/mol. The smallest absolute Gasteiger partial charge is 0.446 e. The highest BCUT2D eigenvalue weighted by atomic mass is 19.4. The summed E-state index contributed by atoms with van der Waals surface area (Å²) in [6.45, 7) is 12.2. The summed E-state index contributed by atoms with van der Waals surface area (Å²) in [6, 6.07) is 7.88. The van der Waals surface area contributed by atoms with E-state index in [-0.39, 0.29) is 18.1 Å². The second-order valence-corrected chi connectivity index (χ2v) is 10.8. The summed E-state index contributed by atoms with van der Waals surface area (Å²) >= 11 is 0. The molecule has 0 atom stereocenters. The number of halogens is 3. The number of carbonyl (C=O) groups excluding carboxylic acids is 4. The highest BCUT2D eigenvalue weighted by Crippen LogP contribution is 2.25. The van der Waals surface area contributed by atoms with Crippen molar-refractivity contribution in [2.75, 3.05) is 19.6 Å². The van der Waals surface area contributed by atoms with Crippen LogP contribution in [0.4, 0.5) is 13.2 Å². The number of piperidine rings is 1. The van der Waals surface area contributed by atoms with Crippen LogP contribution in [0.2, 0.25) is 0 Å². The fourth-order valence-corrected chi connectivity index (χ4v) is 4.33. The Bertz CT molecular complexity index is 1140. The van der Waals surface area contributed by atoms with E-state index in [0.29, 0.717) is 12.0 Å². The maximum absolute atomic E-state index is 13.0. The monoisotopic (exact) mass is 553 g/mol. The van der Waals surface area contributed by atoms with Gasteiger partial charge in [0.1, 0.15) is 5.60 Å². The maximum Gasteiger partial charge on any atom is 0.446 e. The fourth-order valence-electron chi connectivity index (χ4n) is 4.33. The van der Waals surface area contributed by atoms with E-state index in [0.717, 1.165) is 49.8 Å². The van der Waals surface area contributed by atoms with Gasteiger partial charge in [-0.05, 0) is 66.5 Å². The Morgan fingerprint density at radius 3 is 2.23 bits per heavy atom. The molecule has 1 N–H and O–H groups in total. The Morgan fingerprint density at radius 1 is 1.10 bits per heavy atom. The number of aldehydes is 1. The first-order valence-electron chi connectivity index (χ1n) is 13.0. The molecule has 0 aliphatic carbocycles. The van der Waals surface area contributed by atoms with E-state index in [4.69, 9.17) is 9.53 Å². The van der Waals surface area contributed by atoms with Crippen LogP contribution >= 0.6 is 0 Å². The summed E-state index contributed by atoms with van der Waals surface area (Å²) in [5.74, 6) is -1.18. The van der Waals surface area contributed by atoms with Gasteiger partial charge in [0.15, 0.2) is 0 Å². The SMILES string of the molecule is CC(C)n1cc(C(=O)C(=O)NC2CCN(CCCC(=O)OC(C)(C)C)CC2)c2ccccc21.O=CC(F)(F)F. The van der Waals surface area contributed by atoms with Crippen LogP contribution < -0.4 is 5.32 Å². The van der Waals surface area contributed by atoms with Gasteiger partial charge in [0.2, 0.25) is 6.29 Å². The number of rotatable bonds is 8. The molecule has 8 nitrogen and oxygen atoms in total. The molecule has 11 heteroatoms. The third-order valence-corrected chi connectivity index (χ3v) is 6.08. The number of para-hydroxylation sites is 1. The number of ether oxygens (including phenoxy) is 1. The molecule has 3 rings (SSSR count). The van der Waals surface area contributed by atoms with Gasteiger partial charge in [-0.2, -0.15) is 13.2 Å². The van der Waals surface area contributed by atoms with E-state index >= 15 is 0 Å². The average Bonchev–Trinajstić information content (AvgIpc) is 3.23. The largest absolute Gasteiger partial charge is 0.460 e. The molecule has 2 heterocycles. The number of benzene rings is 1. The molecule has 1 saturated heterocycles. The highest BCUT2D eigenvalue weighted by molar-refractivity contribution is 6.45. The molecule has 0 spiro atoms. The first-order chi connectivity index (χ1) is 18.1. The molecule has 0 radical (unpaired) electrons. The fraction of sp³-hybridized carbons (Fsp3) is 0.571. The summed E-state index contributed by atoms with van der Waals surface area (Å²) in [5.41, 5.74) is 0.967. The zero-order chi connectivity index (χ0) is 29.4. The number of nitrogens with one attached hydrogen (secondary N) is 1. The maximum atomic E-state index is 13.0. The standard InChI is InChI=1S/C26H37N3O4.C2HF3O/c1-18(2)29-17-21(20-9-6-7-10-22(20)29)24(31)25(32)27-19-12-15-28(16-13-19)14-8-11-23(30)33-26(3,4)5;3-2(4,5)1-6/h6-7,9-10,17-19H,8,11-16H2,1-5H3,(H,27,32);1H. The third kappa shape index (κ3) is 10.5. The van der Waals surface area contributed by atoms with Crippen LogP contribution in [0.3, 0.4) is 0 Å². The Hall–Kier alpha value is -3.21. The van der Waals surface area contributed by atoms with Gasteiger partial charge in [-0.25, -0.2) is 0 Å². The zero-order valence-corrected chi connectivity index (χ0v) is 23.1. The lowest BCUT2D eigenvalue weighted by Crippen LogP contribution is -2.46. The molecule has 1 amide bonds. The summed E-state index contributed by atoms with van der Waals surface area (Å²) in [6.07, 6.45) is -1.16. The lowest BCUT2D eigenvalue weighted by molar-refractivity contribution is -0.156. The molecule has 2 aromatic rings. The minimum absolute atomic E-state index is 0.0120. The first-order valence-corrected chi connectivity index (χ1v) is 13.0. The molecule has 1 aliphatic heterocycles. The number of nitrogens with zero attached hydrogens (tertiary/aromatic N) is 2. The molecular weight excluding hydrogens is 515 g/mol. The van der Waals surface area contributed by atoms with Crippen LogP contribution in [-0.4, -0.2) is 70.9 Å². The lowest BCUT2D eigenvalue weighted by Gasteiger charge is -2.32. The van der Waals surface area contributed by atoms with Crippen molar-refractivity contribution in [1.82, 2.24) is 14.8 Å². The van der Waals surface area contributed by atoms with Crippen molar-refractivity contribution in [2.24, 2.45) is 0 Å². The summed E-state index contributed by atoms with van der Waals surface area (Å²) in [7, 11) is 0. The van der Waals surface area contributed by atoms with Gasteiger partial charge >= 0.3 is 12.1 Å². The van der Waals surface area contributed by atoms with Crippen LogP contribution in [0.5, 0.6) is 0 Å². The van der Waals surface area contributed by atoms with Crippen molar-refractivity contribution in [3.63, 3.8) is 0 Å². The van der Waals surface area contributed by atoms with E-state index in [1.165, 1.54) is 0 Å². The summed E-state index contributed by atoms with van der Waals surface area (Å²) in [4.78, 5) is 48.6. The molecule has 0 unspecified atom stereocenters. The Balaban J connectivity index is 0.000000798. The Labute approximate surface area is 226 Å². The van der Waals surface area contributed by atoms with Crippen molar-refractivity contribution in [3.8, 4) is 0 Å². The highest BCUT2D eigenvalue weighted by Gasteiger charge is 2.27. The number of hydrogen-bond donors (Lipinski definition) is 1. The number of esters is 1. The number of fused-ring (bicyclic) bond motifs is 1. The summed E-state index contributed by atoms with van der Waals surface area (Å²) in [5, 5.41) is 3.75. The van der Waals surface area contributed by atoms with Crippen molar-refractivity contribution >= 4 is 34.8 Å². The number of alkyl halides is 3. The topological polar surface area (TPSA) is 97.7 Å². The van der Waals surface area contributed by atoms with Crippen LogP contribution in [0.1, 0.15) is 76.7 Å². The summed E-state index contributed by atoms with van der Waals surface area (Å²) < 4.78 is 38.6. The van der Waals surface area contributed by atoms with Gasteiger partial charge in [0.05, 0.1) is 5.56 Å². The zero-order valence-electron chi connectivity index (χ0n) is 23.1. The lowest BCUT2D eigenvalue weighted by atomic mass is 10.0. The molecule has 1 aromatic heterocycles. The molecule has 216 valence electrons. The third-order valence-electron chi connectivity index (χ3n) is 6.08. The first kappa shape index (κ1) is 32.0. The van der Waals surface area contributed by atoms with E-state index in [1.807, 2.05) is 49.6 Å². The molecule has 39 heavy (non-hydrogen) atoms. The normalized spacial score (nSPS) is 15.0. The molecule has 1 aromatic carbocycles. The van der Waals surface area contributed by atoms with Gasteiger partial charge in [-0.3, -0.25) is 19.2 Å². The van der Waals surface area contributed by atoms with Gasteiger partial charge in [0, 0.05) is 48.7 Å². The van der Waals surface area contributed by atoms with E-state index in [9.17, 15) is 27.6 Å². The Kier molecular flexibility index (Phi) is 11.3. The second-order valence-electron chi connectivity index (χ2n) is 10.8. The molecule has 1 aliphatic rings. The van der Waals surface area contributed by atoms with E-state index < -0.39 is 29.8 Å². The minimum Gasteiger partial charge on any atom is -0.460 e. The number of Topliss-reactive ketones (excluding diaryl/α,β-unsaturated/α-hetero) is 1. The van der Waals surface area contributed by atoms with Crippen LogP contribution in [0.25, 0.3) is 10.9 Å². The Morgan fingerprint density at radius 2 is 1.69 bits per heavy atom. The molecular formula is C28H38F3N3O5. The van der Waals surface area contributed by atoms with Crippen molar-refractivity contribution in [2.45, 2.75) is 84.2 Å². The number of aromatic nitrogens is 1. The molecule has 0 bridgehead atoms. The van der Waals surface area contributed by atoms with Crippen LogP contribution in [0.15, 0.2) is 30.5 Å². The van der Waals surface area contributed by atoms with Crippen molar-refractivity contribution in [3.05, 3.63) is 36.0 Å². The quantitative estimate of drug-likeness (QED) is 0.217. The predicted octanol–water partition coefficient (Wildman–Crippen LogP) is 4.86. The van der Waals surface area contributed by atoms with Gasteiger partial charge in [-0.15, -0.1) is 0 Å². The van der Waals surface area contributed by atoms with Crippen molar-refractivity contribution in [1.29, 1.82) is 0 Å². The molecule has 0 saturated carbocycles. The molecule has 1 fully saturated rings. The van der Waals surface area contributed by atoms with Crippen LogP contribution in [0, 0.1) is 0 Å². The minimum atomic E-state index is -4.64. The van der Waals surface area contributed by atoms with Crippen molar-refractivity contribution < 1.29 is 37.1 Å². The van der Waals surface area contributed by atoms with Gasteiger partial charge < -0.3 is 19.5 Å². The second kappa shape index (κ2) is 13.7. The van der Waals surface area contributed by atoms with E-state index in [1.54, 1.807) is 6.20 Å². The van der Waals surface area contributed by atoms with Crippen LogP contribution in [-0.2, 0) is 19.1 Å². The number of hydrogen-bond acceptors (Lipinski definition) is 6. The number of amides is 1. The van der Waals surface area contributed by atoms with E-state index in [2.05, 4.69) is 24.1 Å².